The maximum Gasteiger partial charge on any atom is 0.240 e. The molecular weight excluding hydrogens is 1070 g/mol. The molecule has 4 aliphatic rings. The van der Waals surface area contributed by atoms with Gasteiger partial charge in [-0.3, -0.25) is 33.6 Å². The van der Waals surface area contributed by atoms with Crippen LogP contribution in [0.5, 0.6) is 0 Å². The maximum atomic E-state index is 14.3. The van der Waals surface area contributed by atoms with E-state index < -0.39 is 35.4 Å². The molecule has 16 nitrogen and oxygen atoms in total. The first kappa shape index (κ1) is 55.9. The van der Waals surface area contributed by atoms with Crippen LogP contribution in [0, 0.1) is 11.8 Å². The van der Waals surface area contributed by atoms with Crippen molar-refractivity contribution < 1.29 is 33.6 Å². The van der Waals surface area contributed by atoms with Crippen LogP contribution in [0.15, 0.2) is 131 Å². The molecule has 5 amide bonds. The van der Waals surface area contributed by atoms with Gasteiger partial charge in [-0.1, -0.05) is 60.7 Å². The molecule has 8 heterocycles. The standard InChI is InChI=1S/C34H37N5O4S.C30H30N4O3S/c1-34(2,35)33(43)37-27(16-24-18-36-26-9-4-3-8-25(24)26)29(40)17-23-15-22-7-5-10-28(38-13-6-11-30(38)41)31(22)39(32(23)42)19-21-12-14-44-20-21;31-24(14-22-16-32-25-7-2-1-6-23(22)25)27(35)15-21-13-20-5-3-8-26(33-11-4-9-28(33)36)29(20)34(30(21)37)17-19-10-12-38-18-19/h3-5,7-10,12,14,18,20,23,27,36H,6,11,13,15-17,19,35H2,1-2H3,(H,37,43);1-3,5-8,10,12,16,18,21,24,32H,4,9,11,13-15,17,31H2/t23?,27-;21?,24-/m11/s1. The van der Waals surface area contributed by atoms with Crippen LogP contribution in [-0.4, -0.2) is 81.8 Å². The molecule has 2 unspecified atom stereocenters. The number of thiophene rings is 2. The Morgan fingerprint density at radius 1 is 0.634 bits per heavy atom. The predicted molar refractivity (Wildman–Crippen MR) is 323 cm³/mol. The van der Waals surface area contributed by atoms with Gasteiger partial charge in [0.1, 0.15) is 0 Å². The fraction of sp³-hybridized carbons (Fsp3) is 0.328. The maximum absolute atomic E-state index is 14.3. The number of carbonyl (C=O) groups excluding carboxylic acids is 7. The predicted octanol–water partition coefficient (Wildman–Crippen LogP) is 9.08. The first-order valence-electron chi connectivity index (χ1n) is 28.1. The number of nitrogens with two attached hydrogens (primary N) is 2. The van der Waals surface area contributed by atoms with Crippen LogP contribution < -0.4 is 36.4 Å². The summed E-state index contributed by atoms with van der Waals surface area (Å²) in [4.78, 5) is 108. The molecule has 422 valence electrons. The van der Waals surface area contributed by atoms with E-state index in [1.807, 2.05) is 131 Å². The molecule has 0 spiro atoms. The molecular formula is C64H67N9O7S2. The Kier molecular flexibility index (Phi) is 16.2. The molecule has 4 aliphatic heterocycles. The molecule has 2 saturated heterocycles. The number of Topliss-reactive ketones (excluding diaryl/α,β-unsaturated/α-hetero) is 2. The van der Waals surface area contributed by atoms with Gasteiger partial charge in [0.05, 0.1) is 53.5 Å². The molecule has 4 aromatic carbocycles. The molecule has 4 atom stereocenters. The minimum absolute atomic E-state index is 0.0381. The zero-order chi connectivity index (χ0) is 57.2. The Bertz CT molecular complexity index is 3710. The molecule has 18 heteroatoms. The minimum atomic E-state index is -1.18. The van der Waals surface area contributed by atoms with Crippen LogP contribution in [-0.2, 0) is 72.3 Å². The second-order valence-electron chi connectivity index (χ2n) is 22.6. The van der Waals surface area contributed by atoms with Crippen LogP contribution >= 0.6 is 22.7 Å². The van der Waals surface area contributed by atoms with Crippen molar-refractivity contribution in [2.24, 2.45) is 23.3 Å². The Hall–Kier alpha value is -8.03. The number of benzene rings is 4. The molecule has 0 saturated carbocycles. The number of hydrogen-bond donors (Lipinski definition) is 5. The molecule has 82 heavy (non-hydrogen) atoms. The van der Waals surface area contributed by atoms with E-state index in [0.29, 0.717) is 58.3 Å². The van der Waals surface area contributed by atoms with Gasteiger partial charge in [0.15, 0.2) is 11.6 Å². The van der Waals surface area contributed by atoms with Crippen molar-refractivity contribution in [1.29, 1.82) is 0 Å². The summed E-state index contributed by atoms with van der Waals surface area (Å²) < 4.78 is 0. The van der Waals surface area contributed by atoms with Crippen molar-refractivity contribution in [3.05, 3.63) is 164 Å². The molecule has 0 aliphatic carbocycles. The zero-order valence-electron chi connectivity index (χ0n) is 46.0. The Morgan fingerprint density at radius 2 is 1.11 bits per heavy atom. The summed E-state index contributed by atoms with van der Waals surface area (Å²) in [5.74, 6) is -2.00. The number of carbonyl (C=O) groups is 7. The van der Waals surface area contributed by atoms with E-state index in [0.717, 1.165) is 90.8 Å². The first-order valence-corrected chi connectivity index (χ1v) is 30.0. The second-order valence-corrected chi connectivity index (χ2v) is 24.2. The number of aromatic nitrogens is 2. The van der Waals surface area contributed by atoms with E-state index in [-0.39, 0.29) is 54.5 Å². The van der Waals surface area contributed by atoms with Crippen molar-refractivity contribution in [2.45, 2.75) is 109 Å². The SMILES string of the molecule is CC(C)(N)C(=O)N[C@H](Cc1c[nH]c2ccccc12)C(=O)CC1Cc2cccc(N3CCCC3=O)c2N(Cc2ccsc2)C1=O.N[C@H](Cc1c[nH]c2ccccc12)C(=O)CC1Cc2cccc(N3CCCC3=O)c2N(Cc2ccsc2)C1=O. The lowest BCUT2D eigenvalue weighted by Gasteiger charge is -2.37. The highest BCUT2D eigenvalue weighted by Gasteiger charge is 2.41. The third-order valence-electron chi connectivity index (χ3n) is 16.3. The average Bonchev–Trinajstić information content (AvgIpc) is 4.55. The fourth-order valence-electron chi connectivity index (χ4n) is 12.0. The number of nitrogens with zero attached hydrogens (tertiary/aromatic N) is 4. The van der Waals surface area contributed by atoms with Crippen molar-refractivity contribution >= 4 is 108 Å². The Labute approximate surface area is 483 Å². The van der Waals surface area contributed by atoms with Crippen LogP contribution in [0.2, 0.25) is 0 Å². The van der Waals surface area contributed by atoms with Gasteiger partial charge in [0, 0.05) is 91.2 Å². The van der Waals surface area contributed by atoms with Gasteiger partial charge in [0.2, 0.25) is 29.5 Å². The monoisotopic (exact) mass is 1140 g/mol. The molecule has 4 aromatic heterocycles. The molecule has 2 fully saturated rings. The third kappa shape index (κ3) is 11.7. The summed E-state index contributed by atoms with van der Waals surface area (Å²) in [6, 6.07) is 29.9. The largest absolute Gasteiger partial charge is 0.361 e. The van der Waals surface area contributed by atoms with Gasteiger partial charge in [-0.25, -0.2) is 0 Å². The van der Waals surface area contributed by atoms with E-state index >= 15 is 0 Å². The van der Waals surface area contributed by atoms with E-state index in [1.165, 1.54) is 0 Å². The lowest BCUT2D eigenvalue weighted by Crippen LogP contribution is -2.55. The Morgan fingerprint density at radius 3 is 1.56 bits per heavy atom. The number of amides is 5. The number of aromatic amines is 2. The smallest absolute Gasteiger partial charge is 0.240 e. The topological polar surface area (TPSA) is 228 Å². The number of ketones is 2. The van der Waals surface area contributed by atoms with Crippen LogP contribution in [0.25, 0.3) is 21.8 Å². The highest BCUT2D eigenvalue weighted by atomic mass is 32.1. The van der Waals surface area contributed by atoms with Gasteiger partial charge in [-0.2, -0.15) is 22.7 Å². The number of rotatable bonds is 18. The molecule has 7 N–H and O–H groups in total. The summed E-state index contributed by atoms with van der Waals surface area (Å²) in [6.45, 7) is 5.21. The number of H-pyrrole nitrogens is 2. The molecule has 0 bridgehead atoms. The lowest BCUT2D eigenvalue weighted by atomic mass is 9.85. The van der Waals surface area contributed by atoms with Crippen molar-refractivity contribution in [3.63, 3.8) is 0 Å². The van der Waals surface area contributed by atoms with Crippen LogP contribution in [0.3, 0.4) is 0 Å². The van der Waals surface area contributed by atoms with E-state index in [1.54, 1.807) is 56.1 Å². The zero-order valence-corrected chi connectivity index (χ0v) is 47.7. The first-order chi connectivity index (χ1) is 39.6. The van der Waals surface area contributed by atoms with Crippen LogP contribution in [0.4, 0.5) is 22.7 Å². The fourth-order valence-corrected chi connectivity index (χ4v) is 13.3. The Balaban J connectivity index is 0.000000174. The van der Waals surface area contributed by atoms with Gasteiger partial charge >= 0.3 is 0 Å². The number of hydrogen-bond acceptors (Lipinski definition) is 11. The van der Waals surface area contributed by atoms with Crippen molar-refractivity contribution in [1.82, 2.24) is 15.3 Å². The number of fused-ring (bicyclic) bond motifs is 4. The average molecular weight is 1140 g/mol. The summed E-state index contributed by atoms with van der Waals surface area (Å²) in [5, 5.41) is 12.9. The second kappa shape index (κ2) is 23.8. The summed E-state index contributed by atoms with van der Waals surface area (Å²) in [6.07, 6.45) is 7.92. The molecule has 0 radical (unpaired) electrons. The molecule has 8 aromatic rings. The number of nitrogens with one attached hydrogen (secondary N) is 3. The van der Waals surface area contributed by atoms with E-state index in [9.17, 15) is 33.6 Å². The highest BCUT2D eigenvalue weighted by Crippen LogP contribution is 2.44. The quantitative estimate of drug-likeness (QED) is 0.0551. The molecule has 12 rings (SSSR count). The normalized spacial score (nSPS) is 18.0. The number of para-hydroxylation sites is 4. The summed E-state index contributed by atoms with van der Waals surface area (Å²) >= 11 is 3.14. The van der Waals surface area contributed by atoms with E-state index in [4.69, 9.17) is 11.5 Å². The van der Waals surface area contributed by atoms with Gasteiger partial charge in [-0.15, -0.1) is 0 Å². The summed E-state index contributed by atoms with van der Waals surface area (Å²) in [7, 11) is 0. The van der Waals surface area contributed by atoms with E-state index in [2.05, 4.69) is 15.3 Å². The van der Waals surface area contributed by atoms with Crippen molar-refractivity contribution in [3.8, 4) is 0 Å². The van der Waals surface area contributed by atoms with Gasteiger partial charge < -0.3 is 46.4 Å². The number of anilines is 4. The van der Waals surface area contributed by atoms with Gasteiger partial charge in [0.25, 0.3) is 0 Å². The van der Waals surface area contributed by atoms with Crippen molar-refractivity contribution in [2.75, 3.05) is 32.7 Å². The minimum Gasteiger partial charge on any atom is -0.361 e. The lowest BCUT2D eigenvalue weighted by molar-refractivity contribution is -0.132. The summed E-state index contributed by atoms with van der Waals surface area (Å²) in [5.41, 5.74) is 22.1. The highest BCUT2D eigenvalue weighted by molar-refractivity contribution is 7.08. The third-order valence-corrected chi connectivity index (χ3v) is 17.7. The van der Waals surface area contributed by atoms with Crippen LogP contribution in [0.1, 0.15) is 85.8 Å². The van der Waals surface area contributed by atoms with Gasteiger partial charge in [-0.05, 0) is 137 Å².